The van der Waals surface area contributed by atoms with Gasteiger partial charge in [0.05, 0.1) is 0 Å². The van der Waals surface area contributed by atoms with Gasteiger partial charge in [0.25, 0.3) is 0 Å². The Bertz CT molecular complexity index is 299. The van der Waals surface area contributed by atoms with Crippen LogP contribution in [0.4, 0.5) is 0 Å². The molecule has 0 saturated heterocycles. The van der Waals surface area contributed by atoms with Crippen LogP contribution in [-0.2, 0) is 4.79 Å². The Balaban J connectivity index is 2.63. The molecular weight excluding hydrogens is 180 g/mol. The highest BCUT2D eigenvalue weighted by molar-refractivity contribution is 5.80. The first-order chi connectivity index (χ1) is 6.40. The van der Waals surface area contributed by atoms with Crippen molar-refractivity contribution in [2.24, 2.45) is 0 Å². The van der Waals surface area contributed by atoms with Crippen LogP contribution >= 0.6 is 0 Å². The van der Waals surface area contributed by atoms with Gasteiger partial charge in [-0.15, -0.1) is 0 Å². The standard InChI is InChI=1S/C9H16N4O/c1-7(13-6-10-5-11-13)8(14)12-9(2,3)4/h5-7H,1-4H3,(H,12,14). The quantitative estimate of drug-likeness (QED) is 0.759. The number of rotatable bonds is 2. The fourth-order valence-electron chi connectivity index (χ4n) is 1.01. The highest BCUT2D eigenvalue weighted by atomic mass is 16.2. The van der Waals surface area contributed by atoms with Gasteiger partial charge in [-0.3, -0.25) is 4.79 Å². The van der Waals surface area contributed by atoms with E-state index in [1.807, 2.05) is 20.8 Å². The van der Waals surface area contributed by atoms with Crippen molar-refractivity contribution >= 4 is 5.91 Å². The van der Waals surface area contributed by atoms with Crippen LogP contribution in [0.1, 0.15) is 33.7 Å². The van der Waals surface area contributed by atoms with Crippen LogP contribution in [0.3, 0.4) is 0 Å². The van der Waals surface area contributed by atoms with Crippen molar-refractivity contribution in [3.63, 3.8) is 0 Å². The number of nitrogens with zero attached hydrogens (tertiary/aromatic N) is 3. The second-order valence-electron chi connectivity index (χ2n) is 4.29. The molecule has 0 spiro atoms. The van der Waals surface area contributed by atoms with Gasteiger partial charge < -0.3 is 5.32 Å². The largest absolute Gasteiger partial charge is 0.350 e. The van der Waals surface area contributed by atoms with E-state index in [2.05, 4.69) is 15.4 Å². The Kier molecular flexibility index (Phi) is 2.88. The second kappa shape index (κ2) is 3.77. The summed E-state index contributed by atoms with van der Waals surface area (Å²) in [6, 6.07) is -0.322. The van der Waals surface area contributed by atoms with Gasteiger partial charge in [0.1, 0.15) is 18.7 Å². The molecule has 1 atom stereocenters. The van der Waals surface area contributed by atoms with E-state index in [1.165, 1.54) is 17.3 Å². The molecule has 1 N–H and O–H groups in total. The molecule has 1 aromatic heterocycles. The second-order valence-corrected chi connectivity index (χ2v) is 4.29. The van der Waals surface area contributed by atoms with Gasteiger partial charge in [-0.2, -0.15) is 5.10 Å². The van der Waals surface area contributed by atoms with Crippen molar-refractivity contribution < 1.29 is 4.79 Å². The van der Waals surface area contributed by atoms with Crippen LogP contribution in [0.2, 0.25) is 0 Å². The van der Waals surface area contributed by atoms with Crippen molar-refractivity contribution in [1.29, 1.82) is 0 Å². The molecule has 1 unspecified atom stereocenters. The van der Waals surface area contributed by atoms with E-state index in [9.17, 15) is 4.79 Å². The first kappa shape index (κ1) is 10.7. The van der Waals surface area contributed by atoms with Crippen molar-refractivity contribution in [2.75, 3.05) is 0 Å². The summed E-state index contributed by atoms with van der Waals surface area (Å²) in [5.41, 5.74) is -0.216. The summed E-state index contributed by atoms with van der Waals surface area (Å²) in [7, 11) is 0. The summed E-state index contributed by atoms with van der Waals surface area (Å²) in [6.45, 7) is 7.62. The number of nitrogens with one attached hydrogen (secondary N) is 1. The molecule has 0 bridgehead atoms. The zero-order chi connectivity index (χ0) is 10.8. The molecule has 0 radical (unpaired) electrons. The van der Waals surface area contributed by atoms with Crippen LogP contribution < -0.4 is 5.32 Å². The number of carbonyl (C=O) groups is 1. The SMILES string of the molecule is CC(C(=O)NC(C)(C)C)n1cncn1. The lowest BCUT2D eigenvalue weighted by atomic mass is 10.1. The molecule has 0 aliphatic heterocycles. The zero-order valence-electron chi connectivity index (χ0n) is 8.98. The summed E-state index contributed by atoms with van der Waals surface area (Å²) >= 11 is 0. The molecule has 78 valence electrons. The lowest BCUT2D eigenvalue weighted by Gasteiger charge is -2.23. The van der Waals surface area contributed by atoms with Crippen molar-refractivity contribution in [2.45, 2.75) is 39.3 Å². The number of carbonyl (C=O) groups excluding carboxylic acids is 1. The van der Waals surface area contributed by atoms with Crippen LogP contribution in [0, 0.1) is 0 Å². The van der Waals surface area contributed by atoms with E-state index in [0.29, 0.717) is 0 Å². The van der Waals surface area contributed by atoms with Crippen molar-refractivity contribution in [3.05, 3.63) is 12.7 Å². The Morgan fingerprint density at radius 1 is 1.50 bits per heavy atom. The highest BCUT2D eigenvalue weighted by Gasteiger charge is 2.20. The third kappa shape index (κ3) is 2.83. The van der Waals surface area contributed by atoms with Gasteiger partial charge in [0.2, 0.25) is 5.91 Å². The molecule has 0 aliphatic carbocycles. The van der Waals surface area contributed by atoms with E-state index in [4.69, 9.17) is 0 Å². The Labute approximate surface area is 83.5 Å². The monoisotopic (exact) mass is 196 g/mol. The third-order valence-corrected chi connectivity index (χ3v) is 1.71. The van der Waals surface area contributed by atoms with Crippen LogP contribution in [-0.4, -0.2) is 26.2 Å². The van der Waals surface area contributed by atoms with Crippen molar-refractivity contribution in [3.8, 4) is 0 Å². The number of amides is 1. The summed E-state index contributed by atoms with van der Waals surface area (Å²) in [4.78, 5) is 15.5. The molecule has 5 nitrogen and oxygen atoms in total. The molecule has 1 aromatic rings. The summed E-state index contributed by atoms with van der Waals surface area (Å²) < 4.78 is 1.53. The highest BCUT2D eigenvalue weighted by Crippen LogP contribution is 2.06. The zero-order valence-corrected chi connectivity index (χ0v) is 8.98. The lowest BCUT2D eigenvalue weighted by molar-refractivity contribution is -0.125. The predicted molar refractivity (Wildman–Crippen MR) is 52.6 cm³/mol. The minimum Gasteiger partial charge on any atom is -0.350 e. The molecule has 0 aliphatic rings. The lowest BCUT2D eigenvalue weighted by Crippen LogP contribution is -2.43. The van der Waals surface area contributed by atoms with Gasteiger partial charge in [-0.1, -0.05) is 0 Å². The smallest absolute Gasteiger partial charge is 0.245 e. The van der Waals surface area contributed by atoms with E-state index >= 15 is 0 Å². The van der Waals surface area contributed by atoms with E-state index in [1.54, 1.807) is 6.92 Å². The minimum atomic E-state index is -0.322. The predicted octanol–water partition coefficient (Wildman–Crippen LogP) is 0.754. The average Bonchev–Trinajstić information content (AvgIpc) is 2.51. The molecule has 1 amide bonds. The summed E-state index contributed by atoms with van der Waals surface area (Å²) in [5, 5.41) is 6.79. The van der Waals surface area contributed by atoms with Crippen LogP contribution in [0.5, 0.6) is 0 Å². The van der Waals surface area contributed by atoms with Crippen LogP contribution in [0.25, 0.3) is 0 Å². The van der Waals surface area contributed by atoms with Gasteiger partial charge in [0, 0.05) is 5.54 Å². The average molecular weight is 196 g/mol. The summed E-state index contributed by atoms with van der Waals surface area (Å²) in [6.07, 6.45) is 2.95. The molecular formula is C9H16N4O. The summed E-state index contributed by atoms with van der Waals surface area (Å²) in [5.74, 6) is -0.0528. The molecule has 1 rings (SSSR count). The van der Waals surface area contributed by atoms with E-state index in [0.717, 1.165) is 0 Å². The normalized spacial score (nSPS) is 13.7. The van der Waals surface area contributed by atoms with Crippen LogP contribution in [0.15, 0.2) is 12.7 Å². The Hall–Kier alpha value is -1.39. The first-order valence-electron chi connectivity index (χ1n) is 4.56. The fourth-order valence-corrected chi connectivity index (χ4v) is 1.01. The third-order valence-electron chi connectivity index (χ3n) is 1.71. The topological polar surface area (TPSA) is 59.8 Å². The number of aromatic nitrogens is 3. The molecule has 0 saturated carbocycles. The van der Waals surface area contributed by atoms with Gasteiger partial charge >= 0.3 is 0 Å². The maximum absolute atomic E-state index is 11.7. The van der Waals surface area contributed by atoms with Crippen molar-refractivity contribution in [1.82, 2.24) is 20.1 Å². The molecule has 1 heterocycles. The molecule has 0 fully saturated rings. The molecule has 5 heteroatoms. The fraction of sp³-hybridized carbons (Fsp3) is 0.667. The van der Waals surface area contributed by atoms with E-state index < -0.39 is 0 Å². The van der Waals surface area contributed by atoms with Gasteiger partial charge in [-0.05, 0) is 27.7 Å². The Morgan fingerprint density at radius 2 is 2.14 bits per heavy atom. The molecule has 14 heavy (non-hydrogen) atoms. The Morgan fingerprint density at radius 3 is 2.57 bits per heavy atom. The number of hydrogen-bond donors (Lipinski definition) is 1. The van der Waals surface area contributed by atoms with Gasteiger partial charge in [-0.25, -0.2) is 9.67 Å². The maximum atomic E-state index is 11.7. The minimum absolute atomic E-state index is 0.0528. The van der Waals surface area contributed by atoms with Gasteiger partial charge in [0.15, 0.2) is 0 Å². The first-order valence-corrected chi connectivity index (χ1v) is 4.56. The molecule has 0 aromatic carbocycles. The van der Waals surface area contributed by atoms with E-state index in [-0.39, 0.29) is 17.5 Å². The number of hydrogen-bond acceptors (Lipinski definition) is 3. The maximum Gasteiger partial charge on any atom is 0.245 e.